The van der Waals surface area contributed by atoms with E-state index >= 15 is 0 Å². The molecule has 0 saturated heterocycles. The number of hydrogen-bond acceptors (Lipinski definition) is 2. The van der Waals surface area contributed by atoms with E-state index in [2.05, 4.69) is 33.0 Å². The smallest absolute Gasteiger partial charge is 0.165 e. The molecule has 0 aliphatic heterocycles. The average Bonchev–Trinajstić information content (AvgIpc) is 2.62. The standard InChI is InChI=1S/C17H26FNO/c1-11-9-17(3,4)10-15(11)19-12(2)13-6-7-16(20-5)14(18)8-13/h6-8,11-12,15,19H,9-10H2,1-5H3. The fraction of sp³-hybridized carbons (Fsp3) is 0.647. The summed E-state index contributed by atoms with van der Waals surface area (Å²) in [5.41, 5.74) is 1.38. The van der Waals surface area contributed by atoms with Crippen molar-refractivity contribution in [2.45, 2.75) is 52.6 Å². The van der Waals surface area contributed by atoms with E-state index in [9.17, 15) is 4.39 Å². The molecule has 0 aromatic heterocycles. The molecule has 0 radical (unpaired) electrons. The predicted octanol–water partition coefficient (Wildman–Crippen LogP) is 4.31. The van der Waals surface area contributed by atoms with Crippen molar-refractivity contribution >= 4 is 0 Å². The normalized spacial score (nSPS) is 26.5. The molecule has 1 fully saturated rings. The van der Waals surface area contributed by atoms with Crippen LogP contribution < -0.4 is 10.1 Å². The van der Waals surface area contributed by atoms with Crippen molar-refractivity contribution in [2.24, 2.45) is 11.3 Å². The van der Waals surface area contributed by atoms with E-state index in [0.29, 0.717) is 23.1 Å². The molecule has 3 atom stereocenters. The summed E-state index contributed by atoms with van der Waals surface area (Å²) in [6.45, 7) is 9.04. The second kappa shape index (κ2) is 5.72. The van der Waals surface area contributed by atoms with Gasteiger partial charge in [-0.15, -0.1) is 0 Å². The van der Waals surface area contributed by atoms with E-state index in [0.717, 1.165) is 5.56 Å². The fourth-order valence-corrected chi connectivity index (χ4v) is 3.49. The van der Waals surface area contributed by atoms with Gasteiger partial charge in [-0.05, 0) is 48.8 Å². The summed E-state index contributed by atoms with van der Waals surface area (Å²) in [5, 5.41) is 3.66. The molecule has 0 heterocycles. The highest BCUT2D eigenvalue weighted by Crippen LogP contribution is 2.41. The van der Waals surface area contributed by atoms with Crippen LogP contribution in [0.5, 0.6) is 5.75 Å². The zero-order chi connectivity index (χ0) is 14.9. The van der Waals surface area contributed by atoms with Crippen LogP contribution in [-0.4, -0.2) is 13.2 Å². The van der Waals surface area contributed by atoms with Crippen molar-refractivity contribution in [1.82, 2.24) is 5.32 Å². The van der Waals surface area contributed by atoms with Crippen LogP contribution in [0, 0.1) is 17.2 Å². The van der Waals surface area contributed by atoms with Crippen LogP contribution >= 0.6 is 0 Å². The van der Waals surface area contributed by atoms with Crippen molar-refractivity contribution in [1.29, 1.82) is 0 Å². The topological polar surface area (TPSA) is 21.3 Å². The van der Waals surface area contributed by atoms with Gasteiger partial charge in [-0.1, -0.05) is 26.8 Å². The van der Waals surface area contributed by atoms with Crippen LogP contribution in [0.3, 0.4) is 0 Å². The van der Waals surface area contributed by atoms with Gasteiger partial charge in [0.15, 0.2) is 11.6 Å². The Balaban J connectivity index is 2.05. The van der Waals surface area contributed by atoms with Gasteiger partial charge in [0.25, 0.3) is 0 Å². The maximum absolute atomic E-state index is 13.8. The molecule has 1 N–H and O–H groups in total. The van der Waals surface area contributed by atoms with E-state index in [1.807, 2.05) is 6.07 Å². The third kappa shape index (κ3) is 3.32. The first-order valence-electron chi connectivity index (χ1n) is 7.42. The van der Waals surface area contributed by atoms with Crippen molar-refractivity contribution in [3.8, 4) is 5.75 Å². The Hall–Kier alpha value is -1.09. The van der Waals surface area contributed by atoms with Crippen LogP contribution in [0.25, 0.3) is 0 Å². The minimum absolute atomic E-state index is 0.150. The molecule has 2 rings (SSSR count). The summed E-state index contributed by atoms with van der Waals surface area (Å²) in [7, 11) is 1.49. The SMILES string of the molecule is COc1ccc(C(C)NC2CC(C)(C)CC2C)cc1F. The summed E-state index contributed by atoms with van der Waals surface area (Å²) >= 11 is 0. The Kier molecular flexibility index (Phi) is 4.38. The highest BCUT2D eigenvalue weighted by molar-refractivity contribution is 5.30. The molecule has 1 aliphatic rings. The average molecular weight is 279 g/mol. The van der Waals surface area contributed by atoms with E-state index in [1.54, 1.807) is 12.1 Å². The largest absolute Gasteiger partial charge is 0.494 e. The van der Waals surface area contributed by atoms with Gasteiger partial charge in [-0.2, -0.15) is 0 Å². The summed E-state index contributed by atoms with van der Waals surface area (Å²) in [5.74, 6) is 0.672. The Bertz CT molecular complexity index is 472. The van der Waals surface area contributed by atoms with Crippen LogP contribution in [-0.2, 0) is 0 Å². The lowest BCUT2D eigenvalue weighted by Crippen LogP contribution is -2.33. The highest BCUT2D eigenvalue weighted by atomic mass is 19.1. The third-order valence-corrected chi connectivity index (χ3v) is 4.47. The molecule has 0 spiro atoms. The number of methoxy groups -OCH3 is 1. The number of ether oxygens (including phenoxy) is 1. The first-order chi connectivity index (χ1) is 9.32. The van der Waals surface area contributed by atoms with Crippen LogP contribution in [0.2, 0.25) is 0 Å². The zero-order valence-electron chi connectivity index (χ0n) is 13.2. The number of halogens is 1. The molecule has 112 valence electrons. The second-order valence-corrected chi connectivity index (χ2v) is 6.94. The van der Waals surface area contributed by atoms with Gasteiger partial charge in [0.2, 0.25) is 0 Å². The maximum atomic E-state index is 13.8. The molecule has 0 bridgehead atoms. The molecule has 2 nitrogen and oxygen atoms in total. The molecular formula is C17H26FNO. The minimum atomic E-state index is -0.293. The van der Waals surface area contributed by atoms with E-state index in [4.69, 9.17) is 4.74 Å². The lowest BCUT2D eigenvalue weighted by atomic mass is 9.91. The Morgan fingerprint density at radius 1 is 1.35 bits per heavy atom. The molecule has 20 heavy (non-hydrogen) atoms. The van der Waals surface area contributed by atoms with Gasteiger partial charge in [0.05, 0.1) is 7.11 Å². The van der Waals surface area contributed by atoms with E-state index < -0.39 is 0 Å². The molecule has 3 heteroatoms. The molecule has 1 aromatic carbocycles. The third-order valence-electron chi connectivity index (χ3n) is 4.47. The maximum Gasteiger partial charge on any atom is 0.165 e. The lowest BCUT2D eigenvalue weighted by molar-refractivity contribution is 0.355. The minimum Gasteiger partial charge on any atom is -0.494 e. The highest BCUT2D eigenvalue weighted by Gasteiger charge is 2.37. The molecule has 1 aromatic rings. The van der Waals surface area contributed by atoms with E-state index in [1.165, 1.54) is 20.0 Å². The van der Waals surface area contributed by atoms with Crippen molar-refractivity contribution < 1.29 is 9.13 Å². The lowest BCUT2D eigenvalue weighted by Gasteiger charge is -2.24. The Morgan fingerprint density at radius 3 is 2.55 bits per heavy atom. The fourth-order valence-electron chi connectivity index (χ4n) is 3.49. The summed E-state index contributed by atoms with van der Waals surface area (Å²) in [4.78, 5) is 0. The van der Waals surface area contributed by atoms with Crippen molar-refractivity contribution in [3.05, 3.63) is 29.6 Å². The molecular weight excluding hydrogens is 253 g/mol. The van der Waals surface area contributed by atoms with Crippen molar-refractivity contribution in [2.75, 3.05) is 7.11 Å². The second-order valence-electron chi connectivity index (χ2n) is 6.94. The van der Waals surface area contributed by atoms with Crippen LogP contribution in [0.1, 0.15) is 52.1 Å². The number of nitrogens with one attached hydrogen (secondary N) is 1. The summed E-state index contributed by atoms with van der Waals surface area (Å²) in [6, 6.07) is 5.86. The Labute approximate surface area is 121 Å². The van der Waals surface area contributed by atoms with Gasteiger partial charge in [0.1, 0.15) is 0 Å². The quantitative estimate of drug-likeness (QED) is 0.886. The molecule has 3 unspecified atom stereocenters. The number of benzene rings is 1. The van der Waals surface area contributed by atoms with Gasteiger partial charge in [-0.3, -0.25) is 0 Å². The Morgan fingerprint density at radius 2 is 2.05 bits per heavy atom. The predicted molar refractivity (Wildman–Crippen MR) is 80.5 cm³/mol. The number of rotatable bonds is 4. The van der Waals surface area contributed by atoms with Crippen LogP contribution in [0.15, 0.2) is 18.2 Å². The zero-order valence-corrected chi connectivity index (χ0v) is 13.2. The first-order valence-corrected chi connectivity index (χ1v) is 7.42. The van der Waals surface area contributed by atoms with Crippen molar-refractivity contribution in [3.63, 3.8) is 0 Å². The van der Waals surface area contributed by atoms with Crippen LogP contribution in [0.4, 0.5) is 4.39 Å². The van der Waals surface area contributed by atoms with Gasteiger partial charge in [-0.25, -0.2) is 4.39 Å². The molecule has 1 saturated carbocycles. The summed E-state index contributed by atoms with van der Waals surface area (Å²) < 4.78 is 18.7. The van der Waals surface area contributed by atoms with Gasteiger partial charge in [0, 0.05) is 12.1 Å². The van der Waals surface area contributed by atoms with Gasteiger partial charge >= 0.3 is 0 Å². The number of hydrogen-bond donors (Lipinski definition) is 1. The van der Waals surface area contributed by atoms with E-state index in [-0.39, 0.29) is 11.9 Å². The van der Waals surface area contributed by atoms with Gasteiger partial charge < -0.3 is 10.1 Å². The molecule has 0 amide bonds. The summed E-state index contributed by atoms with van der Waals surface area (Å²) in [6.07, 6.45) is 2.42. The monoisotopic (exact) mass is 279 g/mol. The first kappa shape index (κ1) is 15.3. The molecule has 1 aliphatic carbocycles.